The van der Waals surface area contributed by atoms with Gasteiger partial charge in [-0.3, -0.25) is 9.36 Å². The van der Waals surface area contributed by atoms with Crippen LogP contribution in [-0.2, 0) is 20.6 Å². The van der Waals surface area contributed by atoms with Crippen LogP contribution in [0.1, 0.15) is 11.3 Å². The number of aryl methyl sites for hydroxylation is 3. The number of anilines is 1. The maximum Gasteiger partial charge on any atom is 0.256 e. The molecule has 18 heavy (non-hydrogen) atoms. The lowest BCUT2D eigenvalue weighted by atomic mass is 10.3. The molecule has 0 unspecified atom stereocenters. The minimum absolute atomic E-state index is 0. The van der Waals surface area contributed by atoms with Crippen LogP contribution in [0.15, 0.2) is 12.4 Å². The van der Waals surface area contributed by atoms with Gasteiger partial charge in [-0.1, -0.05) is 0 Å². The molecule has 0 aromatic carbocycles. The number of aromatic nitrogens is 4. The van der Waals surface area contributed by atoms with Gasteiger partial charge >= 0.3 is 0 Å². The van der Waals surface area contributed by atoms with Crippen molar-refractivity contribution >= 4 is 18.1 Å². The molecule has 0 aliphatic rings. The number of hydrogen-bond acceptors (Lipinski definition) is 4. The van der Waals surface area contributed by atoms with Gasteiger partial charge in [0.25, 0.3) is 5.88 Å². The van der Waals surface area contributed by atoms with E-state index in [1.54, 1.807) is 11.8 Å². The predicted molar refractivity (Wildman–Crippen MR) is 72.3 cm³/mol. The van der Waals surface area contributed by atoms with E-state index in [4.69, 9.17) is 4.74 Å². The van der Waals surface area contributed by atoms with Crippen molar-refractivity contribution in [3.8, 4) is 5.88 Å². The molecule has 0 atom stereocenters. The Bertz CT molecular complexity index is 500. The summed E-state index contributed by atoms with van der Waals surface area (Å²) in [5.74, 6) is 0.604. The fraction of sp³-hybridized carbons (Fsp3) is 0.455. The molecule has 0 fully saturated rings. The Balaban J connectivity index is 0.00000162. The van der Waals surface area contributed by atoms with E-state index >= 15 is 0 Å². The maximum atomic E-state index is 5.18. The zero-order valence-corrected chi connectivity index (χ0v) is 11.8. The van der Waals surface area contributed by atoms with Crippen LogP contribution in [0, 0.1) is 6.92 Å². The summed E-state index contributed by atoms with van der Waals surface area (Å²) in [6, 6.07) is 0. The van der Waals surface area contributed by atoms with Crippen LogP contribution in [0.5, 0.6) is 5.88 Å². The largest absolute Gasteiger partial charge is 0.478 e. The molecular weight excluding hydrogens is 254 g/mol. The highest BCUT2D eigenvalue weighted by atomic mass is 35.5. The molecule has 2 aromatic rings. The fourth-order valence-electron chi connectivity index (χ4n) is 1.75. The third kappa shape index (κ3) is 2.76. The number of nitrogens with zero attached hydrogens (tertiary/aromatic N) is 4. The molecule has 0 aliphatic heterocycles. The third-order valence-electron chi connectivity index (χ3n) is 2.70. The Morgan fingerprint density at radius 2 is 2.11 bits per heavy atom. The van der Waals surface area contributed by atoms with Crippen LogP contribution in [0.2, 0.25) is 0 Å². The second-order valence-electron chi connectivity index (χ2n) is 3.98. The Hall–Kier alpha value is -1.69. The molecule has 2 rings (SSSR count). The van der Waals surface area contributed by atoms with E-state index < -0.39 is 0 Å². The highest BCUT2D eigenvalue weighted by molar-refractivity contribution is 5.85. The number of ether oxygens (including phenoxy) is 1. The van der Waals surface area contributed by atoms with Gasteiger partial charge < -0.3 is 10.1 Å². The van der Waals surface area contributed by atoms with E-state index in [-0.39, 0.29) is 12.4 Å². The Kier molecular flexibility index (Phi) is 4.61. The molecule has 100 valence electrons. The van der Waals surface area contributed by atoms with Crippen molar-refractivity contribution in [2.24, 2.45) is 14.1 Å². The van der Waals surface area contributed by atoms with Gasteiger partial charge in [-0.05, 0) is 12.5 Å². The summed E-state index contributed by atoms with van der Waals surface area (Å²) in [6.07, 6.45) is 3.75. The first-order chi connectivity index (χ1) is 8.11. The molecule has 6 nitrogen and oxygen atoms in total. The van der Waals surface area contributed by atoms with Crippen LogP contribution in [0.4, 0.5) is 5.69 Å². The number of halogens is 1. The predicted octanol–water partition coefficient (Wildman–Crippen LogP) is 1.50. The van der Waals surface area contributed by atoms with Crippen LogP contribution in [-0.4, -0.2) is 26.7 Å². The molecular formula is C11H18ClN5O. The van der Waals surface area contributed by atoms with Gasteiger partial charge in [0, 0.05) is 14.1 Å². The summed E-state index contributed by atoms with van der Waals surface area (Å²) in [4.78, 5) is 0. The van der Waals surface area contributed by atoms with E-state index in [9.17, 15) is 0 Å². The minimum atomic E-state index is 0. The van der Waals surface area contributed by atoms with Crippen LogP contribution >= 0.6 is 12.4 Å². The second-order valence-corrected chi connectivity index (χ2v) is 3.98. The summed E-state index contributed by atoms with van der Waals surface area (Å²) in [7, 11) is 5.41. The maximum absolute atomic E-state index is 5.18. The highest BCUT2D eigenvalue weighted by Gasteiger charge is 2.09. The molecule has 1 N–H and O–H groups in total. The zero-order valence-electron chi connectivity index (χ0n) is 11.0. The summed E-state index contributed by atoms with van der Waals surface area (Å²) >= 11 is 0. The van der Waals surface area contributed by atoms with Gasteiger partial charge in [0.2, 0.25) is 0 Å². The summed E-state index contributed by atoms with van der Waals surface area (Å²) in [5, 5.41) is 11.7. The number of nitrogens with one attached hydrogen (secondary N) is 1. The second kappa shape index (κ2) is 5.77. The lowest BCUT2D eigenvalue weighted by Gasteiger charge is -2.07. The van der Waals surface area contributed by atoms with Crippen molar-refractivity contribution in [2.45, 2.75) is 13.5 Å². The third-order valence-corrected chi connectivity index (χ3v) is 2.70. The minimum Gasteiger partial charge on any atom is -0.478 e. The van der Waals surface area contributed by atoms with Crippen molar-refractivity contribution in [3.05, 3.63) is 23.7 Å². The quantitative estimate of drug-likeness (QED) is 0.916. The van der Waals surface area contributed by atoms with Crippen molar-refractivity contribution in [1.82, 2.24) is 19.6 Å². The average molecular weight is 272 g/mol. The van der Waals surface area contributed by atoms with Gasteiger partial charge in [0.1, 0.15) is 5.69 Å². The van der Waals surface area contributed by atoms with E-state index in [1.165, 1.54) is 5.56 Å². The Morgan fingerprint density at radius 1 is 1.39 bits per heavy atom. The van der Waals surface area contributed by atoms with E-state index in [1.807, 2.05) is 38.1 Å². The lowest BCUT2D eigenvalue weighted by molar-refractivity contribution is 0.393. The number of methoxy groups -OCH3 is 1. The smallest absolute Gasteiger partial charge is 0.256 e. The van der Waals surface area contributed by atoms with E-state index in [2.05, 4.69) is 15.5 Å². The lowest BCUT2D eigenvalue weighted by Crippen LogP contribution is -2.06. The van der Waals surface area contributed by atoms with Gasteiger partial charge in [0.15, 0.2) is 0 Å². The molecule has 2 aromatic heterocycles. The summed E-state index contributed by atoms with van der Waals surface area (Å²) in [6.45, 7) is 2.74. The number of hydrogen-bond donors (Lipinski definition) is 1. The highest BCUT2D eigenvalue weighted by Crippen LogP contribution is 2.22. The molecule has 0 radical (unpaired) electrons. The van der Waals surface area contributed by atoms with Crippen molar-refractivity contribution < 1.29 is 4.74 Å². The Morgan fingerprint density at radius 3 is 2.67 bits per heavy atom. The molecule has 0 aliphatic carbocycles. The van der Waals surface area contributed by atoms with E-state index in [0.717, 1.165) is 11.4 Å². The zero-order chi connectivity index (χ0) is 12.4. The molecule has 7 heteroatoms. The van der Waals surface area contributed by atoms with Crippen LogP contribution in [0.3, 0.4) is 0 Å². The monoisotopic (exact) mass is 271 g/mol. The van der Waals surface area contributed by atoms with Crippen molar-refractivity contribution in [2.75, 3.05) is 12.4 Å². The molecule has 0 saturated heterocycles. The van der Waals surface area contributed by atoms with E-state index in [0.29, 0.717) is 12.4 Å². The fourth-order valence-corrected chi connectivity index (χ4v) is 1.75. The van der Waals surface area contributed by atoms with Gasteiger partial charge in [-0.2, -0.15) is 5.10 Å². The molecule has 0 spiro atoms. The van der Waals surface area contributed by atoms with Crippen molar-refractivity contribution in [3.63, 3.8) is 0 Å². The first kappa shape index (κ1) is 14.4. The van der Waals surface area contributed by atoms with Gasteiger partial charge in [-0.15, -0.1) is 17.5 Å². The first-order valence-corrected chi connectivity index (χ1v) is 5.40. The summed E-state index contributed by atoms with van der Waals surface area (Å²) in [5.41, 5.74) is 3.20. The first-order valence-electron chi connectivity index (χ1n) is 5.40. The van der Waals surface area contributed by atoms with Crippen molar-refractivity contribution in [1.29, 1.82) is 0 Å². The van der Waals surface area contributed by atoms with Gasteiger partial charge in [0.05, 0.1) is 31.7 Å². The summed E-state index contributed by atoms with van der Waals surface area (Å²) < 4.78 is 8.77. The topological polar surface area (TPSA) is 56.9 Å². The average Bonchev–Trinajstić information content (AvgIpc) is 2.81. The molecule has 2 heterocycles. The Labute approximate surface area is 112 Å². The number of rotatable bonds is 4. The molecule has 0 saturated carbocycles. The van der Waals surface area contributed by atoms with Crippen LogP contribution < -0.4 is 10.1 Å². The standard InChI is InChI=1S/C11H17N5O.ClH/c1-8-5-13-16(3)10(8)6-12-9-7-15(2)14-11(9)17-4;/h5,7,12H,6H2,1-4H3;1H. The molecule has 0 amide bonds. The van der Waals surface area contributed by atoms with Crippen LogP contribution in [0.25, 0.3) is 0 Å². The normalized spacial score (nSPS) is 10.0. The molecule has 0 bridgehead atoms. The van der Waals surface area contributed by atoms with Gasteiger partial charge in [-0.25, -0.2) is 0 Å². The SMILES string of the molecule is COc1nn(C)cc1NCc1c(C)cnn1C.Cl.